The minimum atomic E-state index is -0.00412. The number of hydrogen-bond acceptors (Lipinski definition) is 2. The highest BCUT2D eigenvalue weighted by atomic mass is 35.5. The summed E-state index contributed by atoms with van der Waals surface area (Å²) in [6.07, 6.45) is 6.02. The molecule has 3 rings (SSSR count). The number of hydrogen-bond donors (Lipinski definition) is 0. The van der Waals surface area contributed by atoms with Crippen molar-refractivity contribution in [2.75, 3.05) is 20.6 Å². The maximum Gasteiger partial charge on any atom is 0.125 e. The molecule has 0 radical (unpaired) electrons. The third-order valence-electron chi connectivity index (χ3n) is 4.60. The molecule has 1 aliphatic carbocycles. The lowest BCUT2D eigenvalue weighted by atomic mass is 9.73. The van der Waals surface area contributed by atoms with Crippen molar-refractivity contribution in [3.8, 4) is 5.75 Å². The average molecular weight is 280 g/mol. The first-order valence-electron chi connectivity index (χ1n) is 7.22. The second-order valence-electron chi connectivity index (χ2n) is 6.27. The zero-order valence-electron chi connectivity index (χ0n) is 11.8. The van der Waals surface area contributed by atoms with Gasteiger partial charge in [-0.15, -0.1) is 0 Å². The Morgan fingerprint density at radius 1 is 1.37 bits per heavy atom. The van der Waals surface area contributed by atoms with E-state index in [1.807, 2.05) is 12.1 Å². The van der Waals surface area contributed by atoms with Crippen LogP contribution in [-0.4, -0.2) is 31.1 Å². The first kappa shape index (κ1) is 13.3. The number of fused-ring (bicyclic) bond motifs is 1. The van der Waals surface area contributed by atoms with E-state index in [0.29, 0.717) is 5.92 Å². The summed E-state index contributed by atoms with van der Waals surface area (Å²) in [6, 6.07) is 6.04. The summed E-state index contributed by atoms with van der Waals surface area (Å²) in [6.45, 7) is 1.10. The lowest BCUT2D eigenvalue weighted by Gasteiger charge is -2.41. The summed E-state index contributed by atoms with van der Waals surface area (Å²) < 4.78 is 6.42. The van der Waals surface area contributed by atoms with E-state index < -0.39 is 0 Å². The second kappa shape index (κ2) is 4.99. The van der Waals surface area contributed by atoms with Crippen LogP contribution in [0.25, 0.3) is 0 Å². The Balaban J connectivity index is 1.89. The van der Waals surface area contributed by atoms with Crippen LogP contribution in [0.1, 0.15) is 31.2 Å². The van der Waals surface area contributed by atoms with Crippen LogP contribution in [0.4, 0.5) is 0 Å². The number of benzene rings is 1. The van der Waals surface area contributed by atoms with Gasteiger partial charge in [-0.25, -0.2) is 0 Å². The molecule has 3 heteroatoms. The van der Waals surface area contributed by atoms with Gasteiger partial charge >= 0.3 is 0 Å². The van der Waals surface area contributed by atoms with Crippen molar-refractivity contribution in [3.05, 3.63) is 28.8 Å². The monoisotopic (exact) mass is 279 g/mol. The predicted molar refractivity (Wildman–Crippen MR) is 79.0 cm³/mol. The van der Waals surface area contributed by atoms with Crippen molar-refractivity contribution in [1.82, 2.24) is 4.90 Å². The van der Waals surface area contributed by atoms with Gasteiger partial charge in [0, 0.05) is 29.5 Å². The summed E-state index contributed by atoms with van der Waals surface area (Å²) in [5.74, 6) is 1.62. The third-order valence-corrected chi connectivity index (χ3v) is 4.95. The molecule has 0 aromatic heterocycles. The molecular weight excluding hydrogens is 258 g/mol. The Labute approximate surface area is 120 Å². The predicted octanol–water partition coefficient (Wildman–Crippen LogP) is 3.77. The van der Waals surface area contributed by atoms with E-state index >= 15 is 0 Å². The molecule has 0 bridgehead atoms. The van der Waals surface area contributed by atoms with Crippen molar-refractivity contribution >= 4 is 11.6 Å². The van der Waals surface area contributed by atoms with Crippen LogP contribution in [0.5, 0.6) is 5.75 Å². The highest BCUT2D eigenvalue weighted by molar-refractivity contribution is 6.31. The first-order valence-corrected chi connectivity index (χ1v) is 7.60. The van der Waals surface area contributed by atoms with Crippen LogP contribution in [0, 0.1) is 5.92 Å². The van der Waals surface area contributed by atoms with Gasteiger partial charge in [-0.2, -0.15) is 0 Å². The van der Waals surface area contributed by atoms with Crippen LogP contribution in [0.2, 0.25) is 5.02 Å². The average Bonchev–Trinajstić information content (AvgIpc) is 2.73. The second-order valence-corrected chi connectivity index (χ2v) is 6.67. The minimum Gasteiger partial charge on any atom is -0.486 e. The van der Waals surface area contributed by atoms with Gasteiger partial charge in [0.15, 0.2) is 0 Å². The Morgan fingerprint density at radius 2 is 2.21 bits per heavy atom. The van der Waals surface area contributed by atoms with E-state index in [1.54, 1.807) is 0 Å². The van der Waals surface area contributed by atoms with Gasteiger partial charge in [0.1, 0.15) is 11.4 Å². The molecule has 1 aromatic rings. The molecule has 2 unspecified atom stereocenters. The highest BCUT2D eigenvalue weighted by Crippen LogP contribution is 2.48. The van der Waals surface area contributed by atoms with E-state index in [0.717, 1.165) is 30.2 Å². The minimum absolute atomic E-state index is 0.00412. The Morgan fingerprint density at radius 3 is 2.95 bits per heavy atom. The zero-order valence-corrected chi connectivity index (χ0v) is 12.5. The van der Waals surface area contributed by atoms with Crippen LogP contribution in [0.3, 0.4) is 0 Å². The largest absolute Gasteiger partial charge is 0.486 e. The summed E-state index contributed by atoms with van der Waals surface area (Å²) in [7, 11) is 4.30. The SMILES string of the molecule is CN(C)CC1CCCCC12Cc1c(Cl)cccc1O2. The van der Waals surface area contributed by atoms with Gasteiger partial charge < -0.3 is 9.64 Å². The molecule has 0 amide bonds. The van der Waals surface area contributed by atoms with Crippen LogP contribution < -0.4 is 4.74 Å². The molecule has 1 heterocycles. The number of nitrogens with zero attached hydrogens (tertiary/aromatic N) is 1. The Hall–Kier alpha value is -0.730. The van der Waals surface area contributed by atoms with E-state index in [-0.39, 0.29) is 5.60 Å². The lowest BCUT2D eigenvalue weighted by molar-refractivity contribution is -0.0149. The van der Waals surface area contributed by atoms with Gasteiger partial charge in [-0.05, 0) is 45.5 Å². The fraction of sp³-hybridized carbons (Fsp3) is 0.625. The molecule has 1 aliphatic heterocycles. The first-order chi connectivity index (χ1) is 9.11. The standard InChI is InChI=1S/C16H22ClNO/c1-18(2)11-12-6-3-4-9-16(12)10-13-14(17)7-5-8-15(13)19-16/h5,7-8,12H,3-4,6,9-11H2,1-2H3. The smallest absolute Gasteiger partial charge is 0.125 e. The maximum absolute atomic E-state index is 6.42. The number of halogens is 1. The van der Waals surface area contributed by atoms with Crippen molar-refractivity contribution in [2.45, 2.75) is 37.7 Å². The number of rotatable bonds is 2. The number of ether oxygens (including phenoxy) is 1. The highest BCUT2D eigenvalue weighted by Gasteiger charge is 2.47. The molecule has 2 nitrogen and oxygen atoms in total. The van der Waals surface area contributed by atoms with Gasteiger partial charge in [0.2, 0.25) is 0 Å². The van der Waals surface area contributed by atoms with E-state index in [1.165, 1.54) is 24.8 Å². The molecule has 2 atom stereocenters. The molecule has 1 aromatic carbocycles. The van der Waals surface area contributed by atoms with Crippen molar-refractivity contribution in [2.24, 2.45) is 5.92 Å². The quantitative estimate of drug-likeness (QED) is 0.817. The molecule has 0 N–H and O–H groups in total. The molecule has 104 valence electrons. The van der Waals surface area contributed by atoms with E-state index in [9.17, 15) is 0 Å². The van der Waals surface area contributed by atoms with E-state index in [4.69, 9.17) is 16.3 Å². The Kier molecular flexibility index (Phi) is 3.48. The molecule has 19 heavy (non-hydrogen) atoms. The third kappa shape index (κ3) is 2.36. The molecule has 2 aliphatic rings. The summed E-state index contributed by atoms with van der Waals surface area (Å²) in [5, 5.41) is 0.864. The molecule has 1 spiro atoms. The van der Waals surface area contributed by atoms with Gasteiger partial charge in [0.05, 0.1) is 0 Å². The maximum atomic E-state index is 6.42. The van der Waals surface area contributed by atoms with Crippen LogP contribution >= 0.6 is 11.6 Å². The summed E-state index contributed by atoms with van der Waals surface area (Å²) >= 11 is 6.34. The molecule has 1 saturated carbocycles. The van der Waals surface area contributed by atoms with Gasteiger partial charge in [0.25, 0.3) is 0 Å². The van der Waals surface area contributed by atoms with Gasteiger partial charge in [-0.3, -0.25) is 0 Å². The van der Waals surface area contributed by atoms with Crippen molar-refractivity contribution in [1.29, 1.82) is 0 Å². The Bertz CT molecular complexity index is 474. The lowest BCUT2D eigenvalue weighted by Crippen LogP contribution is -2.48. The van der Waals surface area contributed by atoms with E-state index in [2.05, 4.69) is 25.1 Å². The fourth-order valence-corrected chi connectivity index (χ4v) is 3.94. The van der Waals surface area contributed by atoms with Gasteiger partial charge in [-0.1, -0.05) is 24.1 Å². The fourth-order valence-electron chi connectivity index (χ4n) is 3.71. The van der Waals surface area contributed by atoms with Crippen LogP contribution in [-0.2, 0) is 6.42 Å². The van der Waals surface area contributed by atoms with Crippen molar-refractivity contribution in [3.63, 3.8) is 0 Å². The molecule has 1 fully saturated rings. The van der Waals surface area contributed by atoms with Crippen LogP contribution in [0.15, 0.2) is 18.2 Å². The topological polar surface area (TPSA) is 12.5 Å². The summed E-state index contributed by atoms with van der Waals surface area (Å²) in [4.78, 5) is 2.28. The summed E-state index contributed by atoms with van der Waals surface area (Å²) in [5.41, 5.74) is 1.21. The zero-order chi connectivity index (χ0) is 13.5. The van der Waals surface area contributed by atoms with Crippen molar-refractivity contribution < 1.29 is 4.74 Å². The normalized spacial score (nSPS) is 29.6. The molecule has 0 saturated heterocycles. The molecular formula is C16H22ClNO.